The number of carboxylic acid groups (broad SMARTS) is 1. The van der Waals surface area contributed by atoms with Crippen LogP contribution in [0.2, 0.25) is 0 Å². The van der Waals surface area contributed by atoms with Gasteiger partial charge in [0.05, 0.1) is 10.7 Å². The summed E-state index contributed by atoms with van der Waals surface area (Å²) in [7, 11) is 0. The maximum absolute atomic E-state index is 10.6. The molecule has 0 aliphatic heterocycles. The Morgan fingerprint density at radius 1 is 0.677 bits per heavy atom. The minimum atomic E-state index is -1.98. The number of aromatic carboxylic acids is 1. The number of carboxylic acids is 1. The summed E-state index contributed by atoms with van der Waals surface area (Å²) in [5, 5.41) is 14.3. The zero-order valence-corrected chi connectivity index (χ0v) is 20.2. The van der Waals surface area contributed by atoms with Gasteiger partial charge in [-0.2, -0.15) is 0 Å². The third kappa shape index (κ3) is 5.18. The van der Waals surface area contributed by atoms with E-state index in [1.807, 2.05) is 0 Å². The van der Waals surface area contributed by atoms with E-state index in [1.165, 1.54) is 16.8 Å². The predicted octanol–water partition coefficient (Wildman–Crippen LogP) is 2.26. The molecule has 5 rings (SSSR count). The van der Waals surface area contributed by atoms with Crippen LogP contribution in [0, 0.1) is 0 Å². The van der Waals surface area contributed by atoms with E-state index in [-0.39, 0.29) is 5.56 Å². The molecule has 0 amide bonds. The molecule has 0 bridgehead atoms. The second-order valence-corrected chi connectivity index (χ2v) is 14.5. The first-order chi connectivity index (χ1) is 15.2. The van der Waals surface area contributed by atoms with Crippen LogP contribution >= 0.6 is 11.5 Å². The van der Waals surface area contributed by atoms with Gasteiger partial charge in [0, 0.05) is 5.56 Å². The Balaban J connectivity index is 0.000000166. The molecule has 150 valence electrons. The van der Waals surface area contributed by atoms with Crippen molar-refractivity contribution in [2.75, 3.05) is 0 Å². The van der Waals surface area contributed by atoms with Gasteiger partial charge in [0.2, 0.25) is 0 Å². The monoisotopic (exact) mass is 530 g/mol. The molecule has 0 fully saturated rings. The summed E-state index contributed by atoms with van der Waals surface area (Å²) in [6.07, 6.45) is 0. The van der Waals surface area contributed by atoms with Crippen molar-refractivity contribution < 1.29 is 9.90 Å². The number of rotatable bonds is 4. The molecule has 0 unspecified atom stereocenters. The minimum absolute atomic E-state index is 0.155. The summed E-state index contributed by atoms with van der Waals surface area (Å²) in [6, 6.07) is 37.8. The van der Waals surface area contributed by atoms with Crippen molar-refractivity contribution in [2.45, 2.75) is 0 Å². The SMILES string of the molecule is O=C([O-])c1cccc2nnsc12.c1cc[c]([Sn+]([c]2ccccc2)[c]2ccccc2)cc1. The Labute approximate surface area is 191 Å². The first-order valence-corrected chi connectivity index (χ1v) is 14.7. The fraction of sp³-hybridized carbons (Fsp3) is 0. The van der Waals surface area contributed by atoms with Gasteiger partial charge < -0.3 is 9.90 Å². The normalized spacial score (nSPS) is 10.2. The van der Waals surface area contributed by atoms with E-state index in [2.05, 4.69) is 101 Å². The standard InChI is InChI=1S/C7H4N2O2S.3C6H5.Sn/c10-7(11)4-2-1-3-5-6(4)12-9-8-5;3*1-2-4-6-5-3-1;/h1-3H,(H,10,11);3*1-5H;/q;;;;+1/p-1. The molecule has 1 aromatic heterocycles. The summed E-state index contributed by atoms with van der Waals surface area (Å²) in [5.41, 5.74) is 0.754. The zero-order valence-electron chi connectivity index (χ0n) is 16.5. The predicted molar refractivity (Wildman–Crippen MR) is 126 cm³/mol. The van der Waals surface area contributed by atoms with E-state index in [4.69, 9.17) is 0 Å². The Hall–Kier alpha value is -3.03. The van der Waals surface area contributed by atoms with E-state index in [9.17, 15) is 9.90 Å². The van der Waals surface area contributed by atoms with Gasteiger partial charge in [-0.1, -0.05) is 16.6 Å². The number of fused-ring (bicyclic) bond motifs is 1. The van der Waals surface area contributed by atoms with Crippen LogP contribution in [0.4, 0.5) is 0 Å². The van der Waals surface area contributed by atoms with Crippen molar-refractivity contribution in [3.63, 3.8) is 0 Å². The number of carbonyl (C=O) groups is 1. The van der Waals surface area contributed by atoms with E-state index < -0.39 is 25.7 Å². The molecule has 0 saturated carbocycles. The van der Waals surface area contributed by atoms with E-state index >= 15 is 0 Å². The molecule has 0 radical (unpaired) electrons. The molecule has 0 aliphatic rings. The molecule has 4 nitrogen and oxygen atoms in total. The maximum atomic E-state index is 10.6. The van der Waals surface area contributed by atoms with Crippen molar-refractivity contribution in [2.24, 2.45) is 0 Å². The van der Waals surface area contributed by atoms with Crippen LogP contribution in [0.1, 0.15) is 10.4 Å². The summed E-state index contributed by atoms with van der Waals surface area (Å²) < 4.78 is 8.80. The van der Waals surface area contributed by atoms with Gasteiger partial charge >= 0.3 is 121 Å². The molecule has 0 aliphatic carbocycles. The van der Waals surface area contributed by atoms with Crippen LogP contribution in [0.3, 0.4) is 0 Å². The Morgan fingerprint density at radius 2 is 1.16 bits per heavy atom. The van der Waals surface area contributed by atoms with E-state index in [1.54, 1.807) is 12.1 Å². The molecule has 0 atom stereocenters. The first-order valence-electron chi connectivity index (χ1n) is 9.69. The Bertz CT molecular complexity index is 1170. The molecular formula is C25H18N2O2SSn. The number of benzene rings is 4. The second kappa shape index (κ2) is 10.3. The van der Waals surface area contributed by atoms with Crippen LogP contribution < -0.4 is 15.8 Å². The van der Waals surface area contributed by atoms with Crippen molar-refractivity contribution in [1.82, 2.24) is 9.59 Å². The summed E-state index contributed by atoms with van der Waals surface area (Å²) in [6.45, 7) is 0. The molecule has 0 saturated heterocycles. The topological polar surface area (TPSA) is 65.9 Å². The van der Waals surface area contributed by atoms with Gasteiger partial charge in [-0.25, -0.2) is 0 Å². The van der Waals surface area contributed by atoms with Crippen molar-refractivity contribution in [3.05, 3.63) is 115 Å². The fourth-order valence-electron chi connectivity index (χ4n) is 3.28. The third-order valence-corrected chi connectivity index (χ3v) is 13.3. The molecule has 31 heavy (non-hydrogen) atoms. The molecule has 5 aromatic rings. The zero-order chi connectivity index (χ0) is 21.5. The second-order valence-electron chi connectivity index (χ2n) is 6.69. The van der Waals surface area contributed by atoms with Gasteiger partial charge in [-0.15, -0.1) is 5.10 Å². The van der Waals surface area contributed by atoms with Crippen LogP contribution in [-0.2, 0) is 0 Å². The number of hydrogen-bond donors (Lipinski definition) is 0. The van der Waals surface area contributed by atoms with Gasteiger partial charge in [-0.05, 0) is 17.6 Å². The van der Waals surface area contributed by atoms with Crippen LogP contribution in [0.15, 0.2) is 109 Å². The fourth-order valence-corrected chi connectivity index (χ4v) is 11.3. The van der Waals surface area contributed by atoms with E-state index in [0.717, 1.165) is 11.5 Å². The summed E-state index contributed by atoms with van der Waals surface area (Å²) in [4.78, 5) is 10.6. The quantitative estimate of drug-likeness (QED) is 0.336. The van der Waals surface area contributed by atoms with Crippen molar-refractivity contribution in [3.8, 4) is 0 Å². The van der Waals surface area contributed by atoms with E-state index in [0.29, 0.717) is 10.2 Å². The summed E-state index contributed by atoms with van der Waals surface area (Å²) in [5.74, 6) is -1.19. The third-order valence-electron chi connectivity index (χ3n) is 4.68. The van der Waals surface area contributed by atoms with Gasteiger partial charge in [0.15, 0.2) is 0 Å². The van der Waals surface area contributed by atoms with Crippen LogP contribution in [0.25, 0.3) is 10.2 Å². The van der Waals surface area contributed by atoms with Crippen LogP contribution in [-0.4, -0.2) is 35.3 Å². The van der Waals surface area contributed by atoms with Gasteiger partial charge in [0.1, 0.15) is 5.52 Å². The number of nitrogens with zero attached hydrogens (tertiary/aromatic N) is 2. The molecule has 0 N–H and O–H groups in total. The molecule has 1 heterocycles. The Kier molecular flexibility index (Phi) is 7.06. The van der Waals surface area contributed by atoms with Crippen molar-refractivity contribution >= 4 is 58.2 Å². The summed E-state index contributed by atoms with van der Waals surface area (Å²) >= 11 is -0.921. The van der Waals surface area contributed by atoms with Gasteiger partial charge in [0.25, 0.3) is 0 Å². The average Bonchev–Trinajstić information content (AvgIpc) is 3.31. The molecule has 0 spiro atoms. The molecular weight excluding hydrogens is 511 g/mol. The first kappa shape index (κ1) is 21.2. The Morgan fingerprint density at radius 3 is 1.61 bits per heavy atom. The van der Waals surface area contributed by atoms with Crippen molar-refractivity contribution in [1.29, 1.82) is 0 Å². The molecule has 6 heteroatoms. The van der Waals surface area contributed by atoms with Gasteiger partial charge in [-0.3, -0.25) is 0 Å². The average molecular weight is 529 g/mol. The number of aromatic nitrogens is 2. The number of hydrogen-bond acceptors (Lipinski definition) is 5. The molecule has 4 aromatic carbocycles. The van der Waals surface area contributed by atoms with Crippen LogP contribution in [0.5, 0.6) is 0 Å². The number of carbonyl (C=O) groups excluding carboxylic acids is 1.